The molecule has 0 bridgehead atoms. The molecule has 0 aliphatic carbocycles. The topological polar surface area (TPSA) is 120 Å². The summed E-state index contributed by atoms with van der Waals surface area (Å²) >= 11 is 1.19. The lowest BCUT2D eigenvalue weighted by molar-refractivity contribution is -0.122. The number of benzene rings is 3. The number of amides is 1. The molecule has 1 aromatic heterocycles. The zero-order valence-electron chi connectivity index (χ0n) is 19.8. The van der Waals surface area contributed by atoms with Gasteiger partial charge in [-0.05, 0) is 60.7 Å². The quantitative estimate of drug-likeness (QED) is 0.377. The van der Waals surface area contributed by atoms with Gasteiger partial charge in [-0.15, -0.1) is 10.2 Å². The molecule has 190 valence electrons. The number of para-hydroxylation sites is 2. The van der Waals surface area contributed by atoms with Crippen LogP contribution in [0.25, 0.3) is 10.6 Å². The van der Waals surface area contributed by atoms with Crippen molar-refractivity contribution in [3.8, 4) is 27.8 Å². The summed E-state index contributed by atoms with van der Waals surface area (Å²) in [5.41, 5.74) is 1.17. The summed E-state index contributed by atoms with van der Waals surface area (Å²) in [5, 5.41) is 11.8. The average Bonchev–Trinajstić information content (AvgIpc) is 3.40. The van der Waals surface area contributed by atoms with E-state index in [1.807, 2.05) is 12.1 Å². The van der Waals surface area contributed by atoms with E-state index in [1.54, 1.807) is 55.6 Å². The highest BCUT2D eigenvalue weighted by Gasteiger charge is 2.37. The van der Waals surface area contributed by atoms with Crippen LogP contribution in [0.15, 0.2) is 77.7 Å². The fourth-order valence-corrected chi connectivity index (χ4v) is 5.98. The van der Waals surface area contributed by atoms with Crippen LogP contribution in [-0.2, 0) is 14.8 Å². The third-order valence-corrected chi connectivity index (χ3v) is 8.35. The summed E-state index contributed by atoms with van der Waals surface area (Å²) in [6, 6.07) is 20.0. The van der Waals surface area contributed by atoms with Gasteiger partial charge in [0.25, 0.3) is 15.9 Å². The van der Waals surface area contributed by atoms with Crippen molar-refractivity contribution in [2.45, 2.75) is 11.0 Å². The summed E-state index contributed by atoms with van der Waals surface area (Å²) < 4.78 is 44.5. The highest BCUT2D eigenvalue weighted by atomic mass is 32.2. The Morgan fingerprint density at radius 2 is 1.62 bits per heavy atom. The van der Waals surface area contributed by atoms with E-state index in [9.17, 15) is 13.2 Å². The van der Waals surface area contributed by atoms with Crippen molar-refractivity contribution < 1.29 is 27.4 Å². The first kappa shape index (κ1) is 24.5. The summed E-state index contributed by atoms with van der Waals surface area (Å²) in [7, 11) is -0.906. The van der Waals surface area contributed by atoms with E-state index in [0.29, 0.717) is 22.2 Å². The molecular formula is C25H22N4O6S2. The largest absolute Gasteiger partial charge is 0.497 e. The number of anilines is 2. The van der Waals surface area contributed by atoms with Crippen LogP contribution < -0.4 is 23.8 Å². The average molecular weight is 539 g/mol. The first-order valence-corrected chi connectivity index (χ1v) is 13.4. The number of nitrogens with one attached hydrogen (secondary N) is 1. The minimum Gasteiger partial charge on any atom is -0.497 e. The summed E-state index contributed by atoms with van der Waals surface area (Å²) in [4.78, 5) is 13.2. The van der Waals surface area contributed by atoms with Gasteiger partial charge < -0.3 is 14.2 Å². The van der Waals surface area contributed by atoms with Gasteiger partial charge in [0.15, 0.2) is 6.10 Å². The first-order chi connectivity index (χ1) is 17.9. The zero-order chi connectivity index (χ0) is 26.0. The van der Waals surface area contributed by atoms with E-state index in [0.717, 1.165) is 5.56 Å². The summed E-state index contributed by atoms with van der Waals surface area (Å²) in [6.07, 6.45) is -1.11. The van der Waals surface area contributed by atoms with Crippen LogP contribution in [0.1, 0.15) is 0 Å². The Morgan fingerprint density at radius 3 is 2.30 bits per heavy atom. The number of ether oxygens (including phenoxy) is 3. The van der Waals surface area contributed by atoms with Gasteiger partial charge in [0.05, 0.1) is 31.3 Å². The monoisotopic (exact) mass is 538 g/mol. The van der Waals surface area contributed by atoms with Gasteiger partial charge in [-0.25, -0.2) is 8.42 Å². The second kappa shape index (κ2) is 10.1. The van der Waals surface area contributed by atoms with Gasteiger partial charge in [0.2, 0.25) is 5.13 Å². The molecule has 4 aromatic rings. The molecular weight excluding hydrogens is 516 g/mol. The first-order valence-electron chi connectivity index (χ1n) is 11.1. The van der Waals surface area contributed by atoms with Crippen LogP contribution in [0, 0.1) is 0 Å². The van der Waals surface area contributed by atoms with Crippen molar-refractivity contribution in [3.05, 3.63) is 72.8 Å². The molecule has 1 aliphatic rings. The number of fused-ring (bicyclic) bond motifs is 1. The Morgan fingerprint density at radius 1 is 0.973 bits per heavy atom. The van der Waals surface area contributed by atoms with Gasteiger partial charge in [0, 0.05) is 5.56 Å². The third-order valence-electron chi connectivity index (χ3n) is 5.67. The number of carbonyl (C=O) groups is 1. The van der Waals surface area contributed by atoms with Crippen molar-refractivity contribution in [1.29, 1.82) is 0 Å². The van der Waals surface area contributed by atoms with Gasteiger partial charge in [-0.3, -0.25) is 14.4 Å². The predicted molar refractivity (Wildman–Crippen MR) is 139 cm³/mol. The van der Waals surface area contributed by atoms with Gasteiger partial charge in [-0.2, -0.15) is 0 Å². The van der Waals surface area contributed by atoms with Crippen LogP contribution in [0.3, 0.4) is 0 Å². The SMILES string of the molecule is COc1ccc(-c2nnc(NC(=O)[C@@H]3CN(S(=O)(=O)c4ccc(OC)cc4)c4ccccc4O3)s2)cc1. The minimum absolute atomic E-state index is 0.0671. The molecule has 37 heavy (non-hydrogen) atoms. The van der Waals surface area contributed by atoms with Gasteiger partial charge in [-0.1, -0.05) is 23.5 Å². The number of methoxy groups -OCH3 is 2. The highest BCUT2D eigenvalue weighted by molar-refractivity contribution is 7.92. The maximum absolute atomic E-state index is 13.6. The number of nitrogens with zero attached hydrogens (tertiary/aromatic N) is 3. The normalized spacial score (nSPS) is 14.9. The molecule has 1 atom stereocenters. The third kappa shape index (κ3) is 4.93. The lowest BCUT2D eigenvalue weighted by atomic mass is 10.2. The second-order valence-electron chi connectivity index (χ2n) is 7.92. The Hall–Kier alpha value is -4.16. The van der Waals surface area contributed by atoms with Crippen LogP contribution in [-0.4, -0.2) is 51.4 Å². The Labute approximate surface area is 217 Å². The van der Waals surface area contributed by atoms with E-state index >= 15 is 0 Å². The van der Waals surface area contributed by atoms with E-state index in [1.165, 1.54) is 34.9 Å². The van der Waals surface area contributed by atoms with E-state index in [-0.39, 0.29) is 22.3 Å². The molecule has 3 aromatic carbocycles. The van der Waals surface area contributed by atoms with E-state index in [2.05, 4.69) is 15.5 Å². The number of hydrogen-bond donors (Lipinski definition) is 1. The molecule has 0 spiro atoms. The molecule has 1 amide bonds. The number of rotatable bonds is 7. The molecule has 0 unspecified atom stereocenters. The van der Waals surface area contributed by atoms with Crippen molar-refractivity contribution in [2.75, 3.05) is 30.4 Å². The van der Waals surface area contributed by atoms with Crippen LogP contribution >= 0.6 is 11.3 Å². The smallest absolute Gasteiger partial charge is 0.269 e. The molecule has 0 saturated heterocycles. The molecule has 0 radical (unpaired) electrons. The molecule has 1 aliphatic heterocycles. The Kier molecular flexibility index (Phi) is 6.68. The predicted octanol–water partition coefficient (Wildman–Crippen LogP) is 3.82. The second-order valence-corrected chi connectivity index (χ2v) is 10.8. The van der Waals surface area contributed by atoms with Crippen molar-refractivity contribution in [1.82, 2.24) is 10.2 Å². The maximum atomic E-state index is 13.6. The standard InChI is InChI=1S/C25H22N4O6S2/c1-33-17-9-7-16(8-10-17)24-27-28-25(36-24)26-23(30)22-15-29(20-5-3-4-6-21(20)35-22)37(31,32)19-13-11-18(34-2)12-14-19/h3-14,22H,15H2,1-2H3,(H,26,28,30)/t22-/m0/s1. The fourth-order valence-electron chi connectivity index (χ4n) is 3.75. The Bertz CT molecular complexity index is 1520. The van der Waals surface area contributed by atoms with E-state index in [4.69, 9.17) is 14.2 Å². The van der Waals surface area contributed by atoms with Crippen LogP contribution in [0.5, 0.6) is 17.2 Å². The maximum Gasteiger partial charge on any atom is 0.269 e. The Balaban J connectivity index is 1.37. The number of carbonyl (C=O) groups excluding carboxylic acids is 1. The van der Waals surface area contributed by atoms with Crippen LogP contribution in [0.2, 0.25) is 0 Å². The number of aromatic nitrogens is 2. The summed E-state index contributed by atoms with van der Waals surface area (Å²) in [6.45, 7) is -0.221. The molecule has 5 rings (SSSR count). The number of sulfonamides is 1. The lowest BCUT2D eigenvalue weighted by Gasteiger charge is -2.34. The van der Waals surface area contributed by atoms with Crippen molar-refractivity contribution in [3.63, 3.8) is 0 Å². The van der Waals surface area contributed by atoms with Crippen LogP contribution in [0.4, 0.5) is 10.8 Å². The minimum atomic E-state index is -4.00. The van der Waals surface area contributed by atoms with Crippen molar-refractivity contribution in [2.24, 2.45) is 0 Å². The highest BCUT2D eigenvalue weighted by Crippen LogP contribution is 2.37. The molecule has 10 nitrogen and oxygen atoms in total. The summed E-state index contributed by atoms with van der Waals surface area (Å²) in [5.74, 6) is 0.986. The van der Waals surface area contributed by atoms with Crippen molar-refractivity contribution >= 4 is 38.1 Å². The molecule has 1 N–H and O–H groups in total. The molecule has 2 heterocycles. The number of hydrogen-bond acceptors (Lipinski definition) is 9. The molecule has 0 saturated carbocycles. The van der Waals surface area contributed by atoms with E-state index < -0.39 is 22.0 Å². The zero-order valence-corrected chi connectivity index (χ0v) is 21.5. The molecule has 12 heteroatoms. The molecule has 0 fully saturated rings. The fraction of sp³-hybridized carbons (Fsp3) is 0.160. The lowest BCUT2D eigenvalue weighted by Crippen LogP contribution is -2.48. The van der Waals surface area contributed by atoms with Gasteiger partial charge >= 0.3 is 0 Å². The van der Waals surface area contributed by atoms with Gasteiger partial charge in [0.1, 0.15) is 22.3 Å².